The molecule has 0 aliphatic heterocycles. The second-order valence-corrected chi connectivity index (χ2v) is 7.69. The van der Waals surface area contributed by atoms with Gasteiger partial charge in [-0.2, -0.15) is 0 Å². The summed E-state index contributed by atoms with van der Waals surface area (Å²) in [7, 11) is 0. The Morgan fingerprint density at radius 1 is 1.21 bits per heavy atom. The first-order valence-electron chi connectivity index (χ1n) is 9.61. The Bertz CT molecular complexity index is 1290. The Labute approximate surface area is 160 Å². The number of nitrogens with zero attached hydrogens (tertiary/aromatic N) is 3. The molecule has 3 heterocycles. The molecule has 0 N–H and O–H groups in total. The number of furan rings is 1. The fraction of sp³-hybridized carbons (Fsp3) is 0.318. The number of aromatic nitrogens is 3. The van der Waals surface area contributed by atoms with Crippen LogP contribution in [0.15, 0.2) is 39.8 Å². The predicted octanol–water partition coefficient (Wildman–Crippen LogP) is 4.34. The van der Waals surface area contributed by atoms with E-state index in [1.807, 2.05) is 0 Å². The van der Waals surface area contributed by atoms with Crippen LogP contribution in [0, 0.1) is 5.82 Å². The molecule has 0 saturated heterocycles. The molecule has 0 unspecified atom stereocenters. The summed E-state index contributed by atoms with van der Waals surface area (Å²) in [6.45, 7) is 4.35. The molecular weight excluding hydrogens is 357 g/mol. The van der Waals surface area contributed by atoms with Crippen molar-refractivity contribution in [3.05, 3.63) is 69.1 Å². The summed E-state index contributed by atoms with van der Waals surface area (Å²) >= 11 is 0. The van der Waals surface area contributed by atoms with Crippen molar-refractivity contribution >= 4 is 22.2 Å². The van der Waals surface area contributed by atoms with Gasteiger partial charge in [-0.25, -0.2) is 14.4 Å². The highest BCUT2D eigenvalue weighted by atomic mass is 19.1. The summed E-state index contributed by atoms with van der Waals surface area (Å²) in [5, 5.41) is 0.863. The van der Waals surface area contributed by atoms with Crippen LogP contribution in [-0.4, -0.2) is 14.5 Å². The molecule has 0 radical (unpaired) electrons. The molecule has 5 rings (SSSR count). The predicted molar refractivity (Wildman–Crippen MR) is 105 cm³/mol. The van der Waals surface area contributed by atoms with Gasteiger partial charge in [-0.05, 0) is 42.4 Å². The fourth-order valence-electron chi connectivity index (χ4n) is 4.22. The molecule has 0 bridgehead atoms. The van der Waals surface area contributed by atoms with Crippen molar-refractivity contribution in [1.82, 2.24) is 14.5 Å². The Morgan fingerprint density at radius 3 is 2.79 bits per heavy atom. The SMILES string of the molecule is CC(C)c1nc2oc3c(=O)n(Cc4ccccc4F)cnc3c2c2c1CCC2. The van der Waals surface area contributed by atoms with Crippen LogP contribution < -0.4 is 5.56 Å². The number of fused-ring (bicyclic) bond motifs is 5. The van der Waals surface area contributed by atoms with Gasteiger partial charge in [0.25, 0.3) is 5.56 Å². The van der Waals surface area contributed by atoms with Crippen LogP contribution in [0.25, 0.3) is 22.2 Å². The molecule has 4 aromatic rings. The largest absolute Gasteiger partial charge is 0.430 e. The summed E-state index contributed by atoms with van der Waals surface area (Å²) in [4.78, 5) is 22.3. The Kier molecular flexibility index (Phi) is 3.82. The number of hydrogen-bond donors (Lipinski definition) is 0. The van der Waals surface area contributed by atoms with Crippen LogP contribution in [-0.2, 0) is 19.4 Å². The van der Waals surface area contributed by atoms with Gasteiger partial charge in [-0.3, -0.25) is 9.36 Å². The van der Waals surface area contributed by atoms with E-state index in [9.17, 15) is 9.18 Å². The molecule has 142 valence electrons. The fourth-order valence-corrected chi connectivity index (χ4v) is 4.22. The molecule has 0 fully saturated rings. The van der Waals surface area contributed by atoms with E-state index in [0.29, 0.717) is 16.8 Å². The van der Waals surface area contributed by atoms with Gasteiger partial charge in [0.15, 0.2) is 0 Å². The lowest BCUT2D eigenvalue weighted by Crippen LogP contribution is -2.21. The van der Waals surface area contributed by atoms with Crippen molar-refractivity contribution in [3.63, 3.8) is 0 Å². The highest BCUT2D eigenvalue weighted by molar-refractivity contribution is 6.03. The van der Waals surface area contributed by atoms with Crippen LogP contribution in [0.1, 0.15) is 48.6 Å². The average molecular weight is 377 g/mol. The molecule has 0 amide bonds. The first kappa shape index (κ1) is 17.1. The zero-order valence-corrected chi connectivity index (χ0v) is 15.8. The molecule has 1 aliphatic carbocycles. The van der Waals surface area contributed by atoms with Gasteiger partial charge in [-0.1, -0.05) is 32.0 Å². The summed E-state index contributed by atoms with van der Waals surface area (Å²) in [6, 6.07) is 6.42. The summed E-state index contributed by atoms with van der Waals surface area (Å²) in [5.41, 5.74) is 4.89. The van der Waals surface area contributed by atoms with Crippen molar-refractivity contribution in [2.45, 2.75) is 45.6 Å². The number of benzene rings is 1. The van der Waals surface area contributed by atoms with Gasteiger partial charge in [0, 0.05) is 5.56 Å². The van der Waals surface area contributed by atoms with Crippen LogP contribution in [0.5, 0.6) is 0 Å². The van der Waals surface area contributed by atoms with Gasteiger partial charge in [0.05, 0.1) is 24.0 Å². The maximum Gasteiger partial charge on any atom is 0.297 e. The van der Waals surface area contributed by atoms with Gasteiger partial charge in [0.1, 0.15) is 11.3 Å². The van der Waals surface area contributed by atoms with Crippen molar-refractivity contribution in [2.24, 2.45) is 0 Å². The first-order chi connectivity index (χ1) is 13.5. The summed E-state index contributed by atoms with van der Waals surface area (Å²) < 4.78 is 21.3. The zero-order chi connectivity index (χ0) is 19.4. The van der Waals surface area contributed by atoms with Gasteiger partial charge in [0.2, 0.25) is 11.3 Å². The molecule has 0 atom stereocenters. The lowest BCUT2D eigenvalue weighted by molar-refractivity contribution is 0.589. The second-order valence-electron chi connectivity index (χ2n) is 7.69. The standard InChI is InChI=1S/C22H20FN3O2/c1-12(2)18-15-8-5-7-14(15)17-19-20(28-21(17)25-18)22(27)26(11-24-19)10-13-6-3-4-9-16(13)23/h3-4,6,9,11-12H,5,7-8,10H2,1-2H3. The van der Waals surface area contributed by atoms with Crippen LogP contribution in [0.3, 0.4) is 0 Å². The molecule has 6 heteroatoms. The van der Waals surface area contributed by atoms with Crippen molar-refractivity contribution in [3.8, 4) is 0 Å². The van der Waals surface area contributed by atoms with Crippen molar-refractivity contribution in [2.75, 3.05) is 0 Å². The second kappa shape index (κ2) is 6.26. The monoisotopic (exact) mass is 377 g/mol. The smallest absolute Gasteiger partial charge is 0.297 e. The Morgan fingerprint density at radius 2 is 2.00 bits per heavy atom. The normalized spacial score (nSPS) is 13.7. The van der Waals surface area contributed by atoms with Crippen LogP contribution >= 0.6 is 0 Å². The van der Waals surface area contributed by atoms with E-state index in [0.717, 1.165) is 30.3 Å². The lowest BCUT2D eigenvalue weighted by Gasteiger charge is -2.11. The van der Waals surface area contributed by atoms with Crippen molar-refractivity contribution in [1.29, 1.82) is 0 Å². The van der Waals surface area contributed by atoms with E-state index in [1.165, 1.54) is 28.1 Å². The molecule has 0 saturated carbocycles. The number of pyridine rings is 1. The van der Waals surface area contributed by atoms with E-state index in [-0.39, 0.29) is 29.4 Å². The van der Waals surface area contributed by atoms with Crippen molar-refractivity contribution < 1.29 is 8.81 Å². The molecule has 1 aliphatic rings. The van der Waals surface area contributed by atoms with Crippen LogP contribution in [0.2, 0.25) is 0 Å². The third-order valence-electron chi connectivity index (χ3n) is 5.54. The van der Waals surface area contributed by atoms with E-state index >= 15 is 0 Å². The molecule has 1 aromatic carbocycles. The molecular formula is C22H20FN3O2. The minimum absolute atomic E-state index is 0.105. The maximum absolute atomic E-state index is 14.0. The minimum atomic E-state index is -0.347. The highest BCUT2D eigenvalue weighted by Crippen LogP contribution is 2.37. The Balaban J connectivity index is 1.73. The number of aryl methyl sites for hydroxylation is 1. The van der Waals surface area contributed by atoms with Crippen LogP contribution in [0.4, 0.5) is 4.39 Å². The molecule has 3 aromatic heterocycles. The third-order valence-corrected chi connectivity index (χ3v) is 5.54. The minimum Gasteiger partial charge on any atom is -0.430 e. The number of hydrogen-bond acceptors (Lipinski definition) is 4. The third kappa shape index (κ3) is 2.47. The molecule has 28 heavy (non-hydrogen) atoms. The quantitative estimate of drug-likeness (QED) is 0.533. The zero-order valence-electron chi connectivity index (χ0n) is 15.8. The van der Waals surface area contributed by atoms with E-state index in [2.05, 4.69) is 18.8 Å². The molecule has 5 nitrogen and oxygen atoms in total. The maximum atomic E-state index is 14.0. The van der Waals surface area contributed by atoms with E-state index < -0.39 is 0 Å². The number of rotatable bonds is 3. The van der Waals surface area contributed by atoms with Gasteiger partial charge >= 0.3 is 0 Å². The van der Waals surface area contributed by atoms with E-state index in [4.69, 9.17) is 9.40 Å². The molecule has 0 spiro atoms. The Hall–Kier alpha value is -3.02. The summed E-state index contributed by atoms with van der Waals surface area (Å²) in [6.07, 6.45) is 4.50. The summed E-state index contributed by atoms with van der Waals surface area (Å²) in [5.74, 6) is -0.0599. The average Bonchev–Trinajstić information content (AvgIpc) is 3.29. The highest BCUT2D eigenvalue weighted by Gasteiger charge is 2.26. The first-order valence-corrected chi connectivity index (χ1v) is 9.61. The topological polar surface area (TPSA) is 60.9 Å². The lowest BCUT2D eigenvalue weighted by atomic mass is 9.99. The number of halogens is 1. The van der Waals surface area contributed by atoms with E-state index in [1.54, 1.807) is 18.2 Å². The van der Waals surface area contributed by atoms with Gasteiger partial charge < -0.3 is 4.42 Å². The van der Waals surface area contributed by atoms with Gasteiger partial charge in [-0.15, -0.1) is 0 Å².